The first kappa shape index (κ1) is 30.8. The van der Waals surface area contributed by atoms with E-state index in [4.69, 9.17) is 18.0 Å². The molecular weight excluding hydrogens is 440 g/mol. The van der Waals surface area contributed by atoms with Crippen LogP contribution in [0.4, 0.5) is 0 Å². The van der Waals surface area contributed by atoms with Crippen molar-refractivity contribution in [1.29, 1.82) is 0 Å². The molecule has 0 aromatic heterocycles. The molecule has 0 spiro atoms. The first-order valence-electron chi connectivity index (χ1n) is 13.1. The summed E-state index contributed by atoms with van der Waals surface area (Å²) < 4.78 is 23.5. The molecule has 1 rings (SSSR count). The fourth-order valence-electron chi connectivity index (χ4n) is 4.37. The van der Waals surface area contributed by atoms with Crippen LogP contribution in [0.15, 0.2) is 58.7 Å². The van der Waals surface area contributed by atoms with Crippen LogP contribution >= 0.6 is 0 Å². The number of ether oxygens (including phenoxy) is 1. The van der Waals surface area contributed by atoms with E-state index in [1.54, 1.807) is 0 Å². The van der Waals surface area contributed by atoms with Crippen LogP contribution in [0.1, 0.15) is 81.1 Å². The van der Waals surface area contributed by atoms with E-state index in [-0.39, 0.29) is 5.41 Å². The van der Waals surface area contributed by atoms with Crippen LogP contribution in [0.25, 0.3) is 0 Å². The predicted octanol–water partition coefficient (Wildman–Crippen LogP) is 7.97. The van der Waals surface area contributed by atoms with Gasteiger partial charge in [0.05, 0.1) is 6.61 Å². The molecule has 0 bridgehead atoms. The van der Waals surface area contributed by atoms with Crippen LogP contribution in [0.2, 0.25) is 6.04 Å². The molecule has 34 heavy (non-hydrogen) atoms. The Morgan fingerprint density at radius 3 is 2.21 bits per heavy atom. The first-order chi connectivity index (χ1) is 16.2. The van der Waals surface area contributed by atoms with E-state index in [2.05, 4.69) is 71.1 Å². The molecule has 5 heteroatoms. The molecule has 0 amide bonds. The molecule has 0 unspecified atom stereocenters. The molecule has 0 atom stereocenters. The smallest absolute Gasteiger partial charge is 0.377 e. The minimum Gasteiger partial charge on any atom is -0.377 e. The third-order valence-corrected chi connectivity index (χ3v) is 9.31. The molecule has 0 radical (unpaired) electrons. The van der Waals surface area contributed by atoms with E-state index in [9.17, 15) is 0 Å². The van der Waals surface area contributed by atoms with E-state index in [0.29, 0.717) is 33.0 Å². The van der Waals surface area contributed by atoms with E-state index in [1.807, 2.05) is 20.8 Å². The standard InChI is InChI=1S/C29H50O4Si/c1-9-31-34(32-10-2,33-11-3)24-14-22-30-23-20-26(5)16-12-15-25(4)18-19-28-27(6)17-13-21-29(28,7)8/h12,15-16,18-20H,9-11,13-14,17,21-24H2,1-8H3/b16-12+,19-18+,25-15+,26-20+. The monoisotopic (exact) mass is 490 g/mol. The Hall–Kier alpha value is -1.24. The second-order valence-electron chi connectivity index (χ2n) is 9.64. The van der Waals surface area contributed by atoms with Crippen molar-refractivity contribution >= 4 is 8.80 Å². The molecule has 0 saturated carbocycles. The molecule has 0 heterocycles. The van der Waals surface area contributed by atoms with Crippen molar-refractivity contribution in [3.05, 3.63) is 58.7 Å². The van der Waals surface area contributed by atoms with Gasteiger partial charge in [0.25, 0.3) is 0 Å². The molecule has 0 aromatic rings. The van der Waals surface area contributed by atoms with Crippen molar-refractivity contribution in [2.45, 2.75) is 87.1 Å². The lowest BCUT2D eigenvalue weighted by molar-refractivity contribution is 0.0672. The molecule has 1 aliphatic rings. The van der Waals surface area contributed by atoms with Crippen molar-refractivity contribution < 1.29 is 18.0 Å². The maximum atomic E-state index is 5.89. The summed E-state index contributed by atoms with van der Waals surface area (Å²) in [5.74, 6) is 0. The molecule has 4 nitrogen and oxygen atoms in total. The quantitative estimate of drug-likeness (QED) is 0.125. The maximum Gasteiger partial charge on any atom is 0.501 e. The lowest BCUT2D eigenvalue weighted by atomic mass is 9.72. The van der Waals surface area contributed by atoms with Crippen LogP contribution in [-0.4, -0.2) is 41.8 Å². The van der Waals surface area contributed by atoms with Crippen LogP contribution < -0.4 is 0 Å². The van der Waals surface area contributed by atoms with E-state index in [1.165, 1.54) is 41.6 Å². The lowest BCUT2D eigenvalue weighted by Gasteiger charge is -2.32. The Morgan fingerprint density at radius 2 is 1.62 bits per heavy atom. The van der Waals surface area contributed by atoms with Gasteiger partial charge in [-0.25, -0.2) is 0 Å². The Morgan fingerprint density at radius 1 is 0.971 bits per heavy atom. The van der Waals surface area contributed by atoms with Gasteiger partial charge in [0.2, 0.25) is 0 Å². The van der Waals surface area contributed by atoms with Gasteiger partial charge in [-0.15, -0.1) is 0 Å². The van der Waals surface area contributed by atoms with Gasteiger partial charge >= 0.3 is 8.80 Å². The van der Waals surface area contributed by atoms with Gasteiger partial charge < -0.3 is 18.0 Å². The summed E-state index contributed by atoms with van der Waals surface area (Å²) in [6.07, 6.45) is 17.8. The zero-order chi connectivity index (χ0) is 25.5. The van der Waals surface area contributed by atoms with Gasteiger partial charge in [-0.1, -0.05) is 67.0 Å². The molecule has 194 valence electrons. The minimum atomic E-state index is -2.56. The summed E-state index contributed by atoms with van der Waals surface area (Å²) in [4.78, 5) is 0. The minimum absolute atomic E-state index is 0.285. The zero-order valence-corrected chi connectivity index (χ0v) is 24.2. The van der Waals surface area contributed by atoms with Gasteiger partial charge in [0.15, 0.2) is 0 Å². The maximum absolute atomic E-state index is 5.89. The van der Waals surface area contributed by atoms with Gasteiger partial charge in [0, 0.05) is 32.5 Å². The third kappa shape index (κ3) is 11.5. The number of rotatable bonds is 16. The molecule has 1 aliphatic carbocycles. The average Bonchev–Trinajstić information content (AvgIpc) is 2.76. The number of hydrogen-bond donors (Lipinski definition) is 0. The van der Waals surface area contributed by atoms with Crippen molar-refractivity contribution in [1.82, 2.24) is 0 Å². The van der Waals surface area contributed by atoms with Crippen molar-refractivity contribution in [2.24, 2.45) is 5.41 Å². The molecule has 0 N–H and O–H groups in total. The largest absolute Gasteiger partial charge is 0.501 e. The Bertz CT molecular complexity index is 726. The predicted molar refractivity (Wildman–Crippen MR) is 147 cm³/mol. The van der Waals surface area contributed by atoms with Crippen molar-refractivity contribution in [3.63, 3.8) is 0 Å². The second kappa shape index (κ2) is 16.4. The van der Waals surface area contributed by atoms with Gasteiger partial charge in [-0.3, -0.25) is 0 Å². The fourth-order valence-corrected chi connectivity index (χ4v) is 6.95. The average molecular weight is 491 g/mol. The number of hydrogen-bond acceptors (Lipinski definition) is 4. The van der Waals surface area contributed by atoms with Crippen LogP contribution in [0.3, 0.4) is 0 Å². The zero-order valence-electron chi connectivity index (χ0n) is 23.2. The summed E-state index contributed by atoms with van der Waals surface area (Å²) >= 11 is 0. The highest BCUT2D eigenvalue weighted by Crippen LogP contribution is 2.40. The van der Waals surface area contributed by atoms with Gasteiger partial charge in [-0.05, 0) is 78.2 Å². The van der Waals surface area contributed by atoms with Gasteiger partial charge in [-0.2, -0.15) is 0 Å². The highest BCUT2D eigenvalue weighted by atomic mass is 28.4. The summed E-state index contributed by atoms with van der Waals surface area (Å²) in [6.45, 7) is 20.3. The highest BCUT2D eigenvalue weighted by molar-refractivity contribution is 6.60. The molecule has 0 fully saturated rings. The van der Waals surface area contributed by atoms with E-state index < -0.39 is 8.80 Å². The van der Waals surface area contributed by atoms with E-state index >= 15 is 0 Å². The Balaban J connectivity index is 2.46. The Kier molecular flexibility index (Phi) is 14.9. The Labute approximate surface area is 211 Å². The molecular formula is C29H50O4Si. The summed E-state index contributed by atoms with van der Waals surface area (Å²) in [7, 11) is -2.56. The highest BCUT2D eigenvalue weighted by Gasteiger charge is 2.39. The topological polar surface area (TPSA) is 36.9 Å². The number of allylic oxidation sites excluding steroid dienone is 9. The normalized spacial score (nSPS) is 18.0. The summed E-state index contributed by atoms with van der Waals surface area (Å²) in [6, 6.07) is 0.788. The van der Waals surface area contributed by atoms with E-state index in [0.717, 1.165) is 12.5 Å². The fraction of sp³-hybridized carbons (Fsp3) is 0.655. The molecule has 0 saturated heterocycles. The molecule has 0 aromatic carbocycles. The molecule has 0 aliphatic heterocycles. The first-order valence-corrected chi connectivity index (χ1v) is 15.0. The lowest BCUT2D eigenvalue weighted by Crippen LogP contribution is -2.46. The summed E-state index contributed by atoms with van der Waals surface area (Å²) in [5, 5.41) is 0. The van der Waals surface area contributed by atoms with Crippen molar-refractivity contribution in [2.75, 3.05) is 33.0 Å². The van der Waals surface area contributed by atoms with Gasteiger partial charge in [0.1, 0.15) is 0 Å². The van der Waals surface area contributed by atoms with Crippen LogP contribution in [-0.2, 0) is 18.0 Å². The van der Waals surface area contributed by atoms with Crippen LogP contribution in [0, 0.1) is 5.41 Å². The van der Waals surface area contributed by atoms with Crippen LogP contribution in [0.5, 0.6) is 0 Å². The summed E-state index contributed by atoms with van der Waals surface area (Å²) in [5.41, 5.74) is 5.78. The SMILES string of the molecule is CCO[Si](CCCOC/C=C(C)/C=C/C=C(C)/C=C/C1=C(C)CCCC1(C)C)(OCC)OCC. The van der Waals surface area contributed by atoms with Crippen molar-refractivity contribution in [3.8, 4) is 0 Å². The second-order valence-corrected chi connectivity index (χ2v) is 12.4. The third-order valence-electron chi connectivity index (χ3n) is 6.16.